The van der Waals surface area contributed by atoms with Gasteiger partial charge in [0.05, 0.1) is 5.56 Å². The van der Waals surface area contributed by atoms with Gasteiger partial charge in [-0.3, -0.25) is 0 Å². The van der Waals surface area contributed by atoms with Gasteiger partial charge in [-0.15, -0.1) is 0 Å². The summed E-state index contributed by atoms with van der Waals surface area (Å²) in [7, 11) is 3.98. The Labute approximate surface area is 120 Å². The quantitative estimate of drug-likeness (QED) is 0.370. The summed E-state index contributed by atoms with van der Waals surface area (Å²) in [6.07, 6.45) is 0. The first-order valence-corrected chi connectivity index (χ1v) is 6.45. The minimum Gasteiger partial charge on any atom is -0.475 e. The maximum Gasteiger partial charge on any atom is 0.225 e. The number of ether oxygens (including phenoxy) is 1. The number of nitrogens with two attached hydrogens (primary N) is 1. The van der Waals surface area contributed by atoms with Crippen LogP contribution in [-0.2, 0) is 0 Å². The van der Waals surface area contributed by atoms with E-state index in [0.29, 0.717) is 18.1 Å². The maximum atomic E-state index is 8.89. The Hall–Kier alpha value is -1.82. The molecule has 6 nitrogen and oxygen atoms in total. The lowest BCUT2D eigenvalue weighted by atomic mass is 10.1. The molecule has 1 heterocycles. The third kappa shape index (κ3) is 3.60. The van der Waals surface area contributed by atoms with Gasteiger partial charge in [-0.05, 0) is 53.4 Å². The van der Waals surface area contributed by atoms with Gasteiger partial charge in [0.1, 0.15) is 6.61 Å². The van der Waals surface area contributed by atoms with E-state index in [-0.39, 0.29) is 11.4 Å². The predicted molar refractivity (Wildman–Crippen MR) is 79.5 cm³/mol. The van der Waals surface area contributed by atoms with Crippen molar-refractivity contribution >= 4 is 5.84 Å². The molecule has 1 aromatic heterocycles. The minimum atomic E-state index is -0.151. The number of aryl methyl sites for hydroxylation is 2. The van der Waals surface area contributed by atoms with Gasteiger partial charge in [-0.2, -0.15) is 0 Å². The van der Waals surface area contributed by atoms with Crippen LogP contribution in [0.1, 0.15) is 30.7 Å². The van der Waals surface area contributed by atoms with Gasteiger partial charge < -0.3 is 20.6 Å². The highest BCUT2D eigenvalue weighted by molar-refractivity contribution is 6.00. The Balaban J connectivity index is 3.12. The number of oxime groups is 1. The van der Waals surface area contributed by atoms with Crippen LogP contribution >= 0.6 is 0 Å². The van der Waals surface area contributed by atoms with E-state index in [9.17, 15) is 0 Å². The van der Waals surface area contributed by atoms with Gasteiger partial charge in [0.2, 0.25) is 5.88 Å². The number of hydrogen-bond acceptors (Lipinski definition) is 5. The molecular weight excluding hydrogens is 256 g/mol. The van der Waals surface area contributed by atoms with E-state index < -0.39 is 0 Å². The van der Waals surface area contributed by atoms with Gasteiger partial charge in [-0.25, -0.2) is 4.98 Å². The first-order chi connectivity index (χ1) is 9.19. The summed E-state index contributed by atoms with van der Waals surface area (Å²) in [5, 5.41) is 11.9. The minimum absolute atomic E-state index is 0.00709. The second kappa shape index (κ2) is 6.09. The summed E-state index contributed by atoms with van der Waals surface area (Å²) >= 11 is 0. The van der Waals surface area contributed by atoms with Crippen molar-refractivity contribution in [3.63, 3.8) is 0 Å². The van der Waals surface area contributed by atoms with Gasteiger partial charge in [-0.1, -0.05) is 5.16 Å². The lowest BCUT2D eigenvalue weighted by molar-refractivity contribution is 0.111. The average molecular weight is 280 g/mol. The molecule has 0 aliphatic heterocycles. The van der Waals surface area contributed by atoms with Crippen molar-refractivity contribution < 1.29 is 9.94 Å². The fourth-order valence-electron chi connectivity index (χ4n) is 1.64. The SMILES string of the molecule is Cc1cc(C)c(C(N)=NO)c(OCC(C)(C)N(C)C)n1. The molecular formula is C14H24N4O2. The number of likely N-dealkylation sites (N-methyl/N-ethyl adjacent to an activating group) is 1. The Morgan fingerprint density at radius 3 is 2.55 bits per heavy atom. The summed E-state index contributed by atoms with van der Waals surface area (Å²) in [4.78, 5) is 6.42. The van der Waals surface area contributed by atoms with Gasteiger partial charge in [0, 0.05) is 11.2 Å². The van der Waals surface area contributed by atoms with Crippen molar-refractivity contribution in [2.24, 2.45) is 10.9 Å². The first kappa shape index (κ1) is 16.2. The highest BCUT2D eigenvalue weighted by atomic mass is 16.5. The van der Waals surface area contributed by atoms with Crippen LogP contribution in [0.2, 0.25) is 0 Å². The Kier molecular flexibility index (Phi) is 4.94. The van der Waals surface area contributed by atoms with E-state index in [4.69, 9.17) is 15.7 Å². The lowest BCUT2D eigenvalue weighted by Gasteiger charge is -2.32. The third-order valence-electron chi connectivity index (χ3n) is 3.45. The van der Waals surface area contributed by atoms with Crippen molar-refractivity contribution in [2.45, 2.75) is 33.2 Å². The van der Waals surface area contributed by atoms with Crippen LogP contribution in [0.15, 0.2) is 11.2 Å². The molecule has 20 heavy (non-hydrogen) atoms. The Morgan fingerprint density at radius 2 is 2.05 bits per heavy atom. The van der Waals surface area contributed by atoms with E-state index in [1.807, 2.05) is 34.0 Å². The number of pyridine rings is 1. The summed E-state index contributed by atoms with van der Waals surface area (Å²) in [5.74, 6) is 0.403. The van der Waals surface area contributed by atoms with E-state index in [2.05, 4.69) is 28.9 Å². The largest absolute Gasteiger partial charge is 0.475 e. The summed E-state index contributed by atoms with van der Waals surface area (Å²) in [6.45, 7) is 8.35. The third-order valence-corrected chi connectivity index (χ3v) is 3.45. The maximum absolute atomic E-state index is 8.89. The monoisotopic (exact) mass is 280 g/mol. The van der Waals surface area contributed by atoms with Crippen molar-refractivity contribution in [3.8, 4) is 5.88 Å². The Morgan fingerprint density at radius 1 is 1.45 bits per heavy atom. The van der Waals surface area contributed by atoms with Crippen LogP contribution in [0.4, 0.5) is 0 Å². The molecule has 0 saturated carbocycles. The average Bonchev–Trinajstić information content (AvgIpc) is 2.34. The number of rotatable bonds is 5. The van der Waals surface area contributed by atoms with E-state index in [1.165, 1.54) is 0 Å². The molecule has 0 saturated heterocycles. The van der Waals surface area contributed by atoms with Gasteiger partial charge in [0.25, 0.3) is 0 Å². The fourth-order valence-corrected chi connectivity index (χ4v) is 1.64. The molecule has 1 aromatic rings. The number of nitrogens with zero attached hydrogens (tertiary/aromatic N) is 3. The molecule has 0 aliphatic rings. The molecule has 0 fully saturated rings. The number of hydrogen-bond donors (Lipinski definition) is 2. The highest BCUT2D eigenvalue weighted by Gasteiger charge is 2.23. The molecule has 0 amide bonds. The van der Waals surface area contributed by atoms with E-state index in [1.54, 1.807) is 0 Å². The normalized spacial score (nSPS) is 12.8. The van der Waals surface area contributed by atoms with Crippen molar-refractivity contribution in [1.29, 1.82) is 0 Å². The van der Waals surface area contributed by atoms with Crippen LogP contribution in [0.3, 0.4) is 0 Å². The molecule has 0 radical (unpaired) electrons. The van der Waals surface area contributed by atoms with E-state index >= 15 is 0 Å². The van der Waals surface area contributed by atoms with Crippen molar-refractivity contribution in [2.75, 3.05) is 20.7 Å². The molecule has 3 N–H and O–H groups in total. The standard InChI is InChI=1S/C14H24N4O2/c1-9-7-10(2)16-13(11(9)12(15)17-19)20-8-14(3,4)18(5)6/h7,19H,8H2,1-6H3,(H2,15,17). The topological polar surface area (TPSA) is 84.0 Å². The predicted octanol–water partition coefficient (Wildman–Crippen LogP) is 1.51. The molecule has 0 atom stereocenters. The molecule has 0 unspecified atom stereocenters. The molecule has 0 aromatic carbocycles. The van der Waals surface area contributed by atoms with Crippen LogP contribution < -0.4 is 10.5 Å². The lowest BCUT2D eigenvalue weighted by Crippen LogP contribution is -2.43. The summed E-state index contributed by atoms with van der Waals surface area (Å²) < 4.78 is 5.82. The molecule has 1 rings (SSSR count). The van der Waals surface area contributed by atoms with Crippen LogP contribution in [0, 0.1) is 13.8 Å². The fraction of sp³-hybridized carbons (Fsp3) is 0.571. The number of aromatic nitrogens is 1. The van der Waals surface area contributed by atoms with Crippen molar-refractivity contribution in [3.05, 3.63) is 22.9 Å². The zero-order valence-electron chi connectivity index (χ0n) is 13.1. The van der Waals surface area contributed by atoms with Crippen LogP contribution in [0.25, 0.3) is 0 Å². The summed E-state index contributed by atoms with van der Waals surface area (Å²) in [5.41, 5.74) is 7.79. The van der Waals surface area contributed by atoms with Crippen LogP contribution in [-0.4, -0.2) is 47.2 Å². The molecule has 0 spiro atoms. The van der Waals surface area contributed by atoms with Crippen LogP contribution in [0.5, 0.6) is 5.88 Å². The second-order valence-corrected chi connectivity index (χ2v) is 5.74. The van der Waals surface area contributed by atoms with Gasteiger partial charge >= 0.3 is 0 Å². The van der Waals surface area contributed by atoms with E-state index in [0.717, 1.165) is 11.3 Å². The molecule has 0 aliphatic carbocycles. The first-order valence-electron chi connectivity index (χ1n) is 6.45. The summed E-state index contributed by atoms with van der Waals surface area (Å²) in [6, 6.07) is 1.87. The zero-order chi connectivity index (χ0) is 15.5. The second-order valence-electron chi connectivity index (χ2n) is 5.74. The molecule has 112 valence electrons. The smallest absolute Gasteiger partial charge is 0.225 e. The highest BCUT2D eigenvalue weighted by Crippen LogP contribution is 2.22. The van der Waals surface area contributed by atoms with Crippen molar-refractivity contribution in [1.82, 2.24) is 9.88 Å². The number of amidine groups is 1. The van der Waals surface area contributed by atoms with Gasteiger partial charge in [0.15, 0.2) is 5.84 Å². The molecule has 0 bridgehead atoms. The molecule has 6 heteroatoms. The zero-order valence-corrected chi connectivity index (χ0v) is 13.1. The Bertz CT molecular complexity index is 510.